The molecule has 1 amide bonds. The number of carbonyl (C=O) groups is 1. The molecule has 1 saturated heterocycles. The molecule has 2 heterocycles. The highest BCUT2D eigenvalue weighted by atomic mass is 35.5. The van der Waals surface area contributed by atoms with Crippen molar-refractivity contribution in [3.05, 3.63) is 52.3 Å². The molecule has 24 heavy (non-hydrogen) atoms. The maximum Gasteiger partial charge on any atom is 0.255 e. The standard InChI is InChI=1S/C17H18Cl2N4O/c1-22-5-7-23(8-6-22)17(24)12-9-13(11-20-10-12)21-15-4-2-3-14(18)16(15)19/h2-4,9-11,21H,5-8H2,1H3. The number of carbonyl (C=O) groups excluding carboxylic acids is 1. The summed E-state index contributed by atoms with van der Waals surface area (Å²) < 4.78 is 0. The Morgan fingerprint density at radius 2 is 1.92 bits per heavy atom. The number of aromatic nitrogens is 1. The van der Waals surface area contributed by atoms with Gasteiger partial charge in [-0.2, -0.15) is 0 Å². The quantitative estimate of drug-likeness (QED) is 0.904. The summed E-state index contributed by atoms with van der Waals surface area (Å²) in [4.78, 5) is 20.9. The van der Waals surface area contributed by atoms with Crippen LogP contribution in [0.3, 0.4) is 0 Å². The van der Waals surface area contributed by atoms with Crippen LogP contribution in [0, 0.1) is 0 Å². The largest absolute Gasteiger partial charge is 0.353 e. The molecule has 0 radical (unpaired) electrons. The Morgan fingerprint density at radius 1 is 1.17 bits per heavy atom. The molecule has 0 saturated carbocycles. The highest BCUT2D eigenvalue weighted by Gasteiger charge is 2.20. The molecule has 1 N–H and O–H groups in total. The number of nitrogens with zero attached hydrogens (tertiary/aromatic N) is 3. The molecule has 5 nitrogen and oxygen atoms in total. The first-order valence-corrected chi connectivity index (χ1v) is 8.44. The maximum atomic E-state index is 12.6. The third kappa shape index (κ3) is 3.80. The summed E-state index contributed by atoms with van der Waals surface area (Å²) in [5, 5.41) is 4.07. The predicted molar refractivity (Wildman–Crippen MR) is 97.4 cm³/mol. The lowest BCUT2D eigenvalue weighted by Gasteiger charge is -2.32. The number of piperazine rings is 1. The lowest BCUT2D eigenvalue weighted by atomic mass is 10.2. The highest BCUT2D eigenvalue weighted by molar-refractivity contribution is 6.43. The van der Waals surface area contributed by atoms with Crippen molar-refractivity contribution in [3.63, 3.8) is 0 Å². The fourth-order valence-corrected chi connectivity index (χ4v) is 2.92. The van der Waals surface area contributed by atoms with Crippen LogP contribution >= 0.6 is 23.2 Å². The van der Waals surface area contributed by atoms with E-state index >= 15 is 0 Å². The molecular formula is C17H18Cl2N4O. The zero-order valence-electron chi connectivity index (χ0n) is 13.3. The van der Waals surface area contributed by atoms with Crippen molar-refractivity contribution in [1.29, 1.82) is 0 Å². The van der Waals surface area contributed by atoms with Gasteiger partial charge in [0, 0.05) is 32.4 Å². The molecule has 2 aromatic rings. The molecule has 7 heteroatoms. The number of pyridine rings is 1. The Labute approximate surface area is 151 Å². The van der Waals surface area contributed by atoms with Gasteiger partial charge >= 0.3 is 0 Å². The van der Waals surface area contributed by atoms with Gasteiger partial charge in [0.15, 0.2) is 0 Å². The minimum atomic E-state index is -0.00330. The van der Waals surface area contributed by atoms with Gasteiger partial charge in [0.2, 0.25) is 0 Å². The minimum absolute atomic E-state index is 0.00330. The summed E-state index contributed by atoms with van der Waals surface area (Å²) in [5.74, 6) is -0.00330. The summed E-state index contributed by atoms with van der Waals surface area (Å²) in [6.45, 7) is 3.23. The first-order valence-electron chi connectivity index (χ1n) is 7.68. The van der Waals surface area contributed by atoms with Crippen molar-refractivity contribution >= 4 is 40.5 Å². The SMILES string of the molecule is CN1CCN(C(=O)c2cncc(Nc3cccc(Cl)c3Cl)c2)CC1. The number of likely N-dealkylation sites (N-methyl/N-ethyl adjacent to an activating group) is 1. The van der Waals surface area contributed by atoms with E-state index in [2.05, 4.69) is 22.2 Å². The van der Waals surface area contributed by atoms with Gasteiger partial charge in [-0.05, 0) is 25.2 Å². The van der Waals surface area contributed by atoms with Crippen molar-refractivity contribution in [2.75, 3.05) is 38.5 Å². The molecule has 0 spiro atoms. The van der Waals surface area contributed by atoms with Crippen LogP contribution in [0.25, 0.3) is 0 Å². The van der Waals surface area contributed by atoms with E-state index in [4.69, 9.17) is 23.2 Å². The molecule has 126 valence electrons. The third-order valence-corrected chi connectivity index (χ3v) is 4.83. The number of amides is 1. The number of benzene rings is 1. The van der Waals surface area contributed by atoms with Crippen molar-refractivity contribution in [3.8, 4) is 0 Å². The van der Waals surface area contributed by atoms with Crippen molar-refractivity contribution < 1.29 is 4.79 Å². The zero-order chi connectivity index (χ0) is 17.1. The Balaban J connectivity index is 1.76. The molecular weight excluding hydrogens is 347 g/mol. The second-order valence-corrected chi connectivity index (χ2v) is 6.57. The molecule has 3 rings (SSSR count). The molecule has 0 atom stereocenters. The molecule has 0 unspecified atom stereocenters. The lowest BCUT2D eigenvalue weighted by Crippen LogP contribution is -2.47. The van der Waals surface area contributed by atoms with Crippen LogP contribution in [-0.4, -0.2) is 53.9 Å². The van der Waals surface area contributed by atoms with Crippen LogP contribution in [0.4, 0.5) is 11.4 Å². The summed E-state index contributed by atoms with van der Waals surface area (Å²) in [6, 6.07) is 7.14. The van der Waals surface area contributed by atoms with Crippen LogP contribution in [0.15, 0.2) is 36.7 Å². The fraction of sp³-hybridized carbons (Fsp3) is 0.294. The monoisotopic (exact) mass is 364 g/mol. The van der Waals surface area contributed by atoms with Crippen LogP contribution in [0.5, 0.6) is 0 Å². The van der Waals surface area contributed by atoms with E-state index < -0.39 is 0 Å². The number of nitrogens with one attached hydrogen (secondary N) is 1. The predicted octanol–water partition coefficient (Wildman–Crippen LogP) is 3.52. The van der Waals surface area contributed by atoms with Crippen LogP contribution in [0.2, 0.25) is 10.0 Å². The van der Waals surface area contributed by atoms with Crippen molar-refractivity contribution in [2.45, 2.75) is 0 Å². The summed E-state index contributed by atoms with van der Waals surface area (Å²) in [6.07, 6.45) is 3.24. The van der Waals surface area contributed by atoms with Crippen LogP contribution in [0.1, 0.15) is 10.4 Å². The molecule has 0 aliphatic carbocycles. The van der Waals surface area contributed by atoms with Gasteiger partial charge in [0.25, 0.3) is 5.91 Å². The van der Waals surface area contributed by atoms with E-state index in [0.29, 0.717) is 27.0 Å². The van der Waals surface area contributed by atoms with E-state index in [0.717, 1.165) is 26.2 Å². The zero-order valence-corrected chi connectivity index (χ0v) is 14.8. The summed E-state index contributed by atoms with van der Waals surface area (Å²) in [5.41, 5.74) is 1.93. The second kappa shape index (κ2) is 7.38. The Bertz CT molecular complexity index is 745. The lowest BCUT2D eigenvalue weighted by molar-refractivity contribution is 0.0663. The number of rotatable bonds is 3. The van der Waals surface area contributed by atoms with Crippen molar-refractivity contribution in [1.82, 2.24) is 14.8 Å². The van der Waals surface area contributed by atoms with E-state index in [-0.39, 0.29) is 5.91 Å². The molecule has 1 aromatic heterocycles. The Hall–Kier alpha value is -1.82. The average molecular weight is 365 g/mol. The molecule has 1 aliphatic heterocycles. The van der Waals surface area contributed by atoms with Gasteiger partial charge in [-0.3, -0.25) is 9.78 Å². The van der Waals surface area contributed by atoms with Gasteiger partial charge < -0.3 is 15.1 Å². The first-order chi connectivity index (χ1) is 11.5. The topological polar surface area (TPSA) is 48.5 Å². The minimum Gasteiger partial charge on any atom is -0.353 e. The molecule has 1 fully saturated rings. The molecule has 1 aliphatic rings. The maximum absolute atomic E-state index is 12.6. The second-order valence-electron chi connectivity index (χ2n) is 5.78. The number of hydrogen-bond acceptors (Lipinski definition) is 4. The summed E-state index contributed by atoms with van der Waals surface area (Å²) >= 11 is 12.2. The van der Waals surface area contributed by atoms with Crippen LogP contribution in [-0.2, 0) is 0 Å². The van der Waals surface area contributed by atoms with Crippen LogP contribution < -0.4 is 5.32 Å². The van der Waals surface area contributed by atoms with Gasteiger partial charge in [0.05, 0.1) is 33.2 Å². The van der Waals surface area contributed by atoms with Gasteiger partial charge in [-0.25, -0.2) is 0 Å². The van der Waals surface area contributed by atoms with Crippen molar-refractivity contribution in [2.24, 2.45) is 0 Å². The third-order valence-electron chi connectivity index (χ3n) is 4.01. The smallest absolute Gasteiger partial charge is 0.255 e. The highest BCUT2D eigenvalue weighted by Crippen LogP contribution is 2.31. The van der Waals surface area contributed by atoms with E-state index in [9.17, 15) is 4.79 Å². The number of anilines is 2. The van der Waals surface area contributed by atoms with E-state index in [1.54, 1.807) is 24.5 Å². The number of hydrogen-bond donors (Lipinski definition) is 1. The molecule has 0 bridgehead atoms. The van der Waals surface area contributed by atoms with E-state index in [1.807, 2.05) is 17.0 Å². The van der Waals surface area contributed by atoms with E-state index in [1.165, 1.54) is 0 Å². The first kappa shape index (κ1) is 17.0. The molecule has 1 aromatic carbocycles. The Kier molecular flexibility index (Phi) is 5.23. The Morgan fingerprint density at radius 3 is 2.67 bits per heavy atom. The van der Waals surface area contributed by atoms with Gasteiger partial charge in [-0.1, -0.05) is 29.3 Å². The summed E-state index contributed by atoms with van der Waals surface area (Å²) in [7, 11) is 2.06. The van der Waals surface area contributed by atoms with Gasteiger partial charge in [0.1, 0.15) is 0 Å². The van der Waals surface area contributed by atoms with Gasteiger partial charge in [-0.15, -0.1) is 0 Å². The average Bonchev–Trinajstić information content (AvgIpc) is 2.59. The normalized spacial score (nSPS) is 15.4. The number of halogens is 2. The fourth-order valence-electron chi connectivity index (χ4n) is 2.57.